The monoisotopic (exact) mass is 264 g/mol. The fourth-order valence-electron chi connectivity index (χ4n) is 1.50. The highest BCUT2D eigenvalue weighted by molar-refractivity contribution is 5.85. The van der Waals surface area contributed by atoms with Gasteiger partial charge in [0.05, 0.1) is 12.0 Å². The number of benzene rings is 1. The molecule has 2 aromatic rings. The summed E-state index contributed by atoms with van der Waals surface area (Å²) in [6.45, 7) is 0. The molecule has 0 aliphatic rings. The Labute approximate surface area is 106 Å². The molecule has 0 fully saturated rings. The summed E-state index contributed by atoms with van der Waals surface area (Å²) in [5, 5.41) is 23.0. The third-order valence-electron chi connectivity index (χ3n) is 2.39. The molecule has 0 unspecified atom stereocenters. The third kappa shape index (κ3) is 2.37. The number of rotatable bonds is 4. The molecule has 1 heterocycles. The van der Waals surface area contributed by atoms with Gasteiger partial charge in [0.25, 0.3) is 0 Å². The molecule has 0 aliphatic heterocycles. The first-order valence-corrected chi connectivity index (χ1v) is 5.05. The van der Waals surface area contributed by atoms with Gasteiger partial charge in [0.15, 0.2) is 5.75 Å². The number of nitro groups is 1. The summed E-state index contributed by atoms with van der Waals surface area (Å²) >= 11 is 0. The van der Waals surface area contributed by atoms with E-state index in [9.17, 15) is 14.9 Å². The zero-order chi connectivity index (χ0) is 14.0. The minimum Gasteiger partial charge on any atom is -0.490 e. The fraction of sp³-hybridized carbons (Fsp3) is 0.0909. The van der Waals surface area contributed by atoms with Gasteiger partial charge in [-0.2, -0.15) is 0 Å². The fourth-order valence-corrected chi connectivity index (χ4v) is 1.50. The van der Waals surface area contributed by atoms with Gasteiger partial charge < -0.3 is 14.4 Å². The predicted molar refractivity (Wildman–Crippen MR) is 62.1 cm³/mol. The van der Waals surface area contributed by atoms with E-state index >= 15 is 0 Å². The molecule has 0 radical (unpaired) electrons. The van der Waals surface area contributed by atoms with Gasteiger partial charge in [-0.25, -0.2) is 4.79 Å². The average molecular weight is 264 g/mol. The summed E-state index contributed by atoms with van der Waals surface area (Å²) in [5.41, 5.74) is 0.525. The topological polar surface area (TPSA) is 116 Å². The number of carboxylic acids is 1. The van der Waals surface area contributed by atoms with Crippen molar-refractivity contribution < 1.29 is 24.1 Å². The number of hydrogen-bond donors (Lipinski definition) is 1. The predicted octanol–water partition coefficient (Wildman–Crippen LogP) is 1.96. The molecule has 0 saturated heterocycles. The maximum atomic E-state index is 10.7. The van der Waals surface area contributed by atoms with Gasteiger partial charge in [0.1, 0.15) is 5.69 Å². The van der Waals surface area contributed by atoms with E-state index < -0.39 is 10.9 Å². The summed E-state index contributed by atoms with van der Waals surface area (Å²) in [6, 6.07) is 5.30. The van der Waals surface area contributed by atoms with Crippen LogP contribution in [-0.4, -0.2) is 28.3 Å². The Morgan fingerprint density at radius 1 is 1.47 bits per heavy atom. The zero-order valence-electron chi connectivity index (χ0n) is 9.69. The van der Waals surface area contributed by atoms with Gasteiger partial charge in [-0.3, -0.25) is 10.1 Å². The number of aromatic carboxylic acids is 1. The Morgan fingerprint density at radius 2 is 2.21 bits per heavy atom. The molecule has 19 heavy (non-hydrogen) atoms. The van der Waals surface area contributed by atoms with Crippen LogP contribution in [0.15, 0.2) is 28.8 Å². The number of hydrogen-bond acceptors (Lipinski definition) is 6. The van der Waals surface area contributed by atoms with Crippen molar-refractivity contribution in [3.63, 3.8) is 0 Å². The van der Waals surface area contributed by atoms with Crippen LogP contribution in [0.2, 0.25) is 0 Å². The van der Waals surface area contributed by atoms with Crippen LogP contribution in [0.4, 0.5) is 5.69 Å². The van der Waals surface area contributed by atoms with E-state index in [4.69, 9.17) is 9.84 Å². The Morgan fingerprint density at radius 3 is 2.74 bits per heavy atom. The largest absolute Gasteiger partial charge is 0.490 e. The molecule has 0 bridgehead atoms. The Bertz CT molecular complexity index is 648. The summed E-state index contributed by atoms with van der Waals surface area (Å²) < 4.78 is 9.51. The van der Waals surface area contributed by atoms with Gasteiger partial charge in [-0.1, -0.05) is 5.16 Å². The minimum absolute atomic E-state index is 0.0578. The van der Waals surface area contributed by atoms with Gasteiger partial charge >= 0.3 is 11.7 Å². The lowest BCUT2D eigenvalue weighted by atomic mass is 10.1. The van der Waals surface area contributed by atoms with E-state index in [-0.39, 0.29) is 22.9 Å². The van der Waals surface area contributed by atoms with Crippen LogP contribution in [0.5, 0.6) is 5.75 Å². The van der Waals surface area contributed by atoms with E-state index in [1.54, 1.807) is 0 Å². The van der Waals surface area contributed by atoms with Gasteiger partial charge in [-0.05, 0) is 12.1 Å². The normalized spacial score (nSPS) is 10.2. The van der Waals surface area contributed by atoms with E-state index in [1.807, 2.05) is 0 Å². The van der Waals surface area contributed by atoms with Crippen LogP contribution < -0.4 is 4.74 Å². The lowest BCUT2D eigenvalue weighted by molar-refractivity contribution is -0.385. The van der Waals surface area contributed by atoms with E-state index in [1.165, 1.54) is 31.4 Å². The highest BCUT2D eigenvalue weighted by atomic mass is 16.6. The third-order valence-corrected chi connectivity index (χ3v) is 2.39. The molecule has 1 N–H and O–H groups in total. The number of nitro benzene ring substituents is 1. The second kappa shape index (κ2) is 4.77. The second-order valence-electron chi connectivity index (χ2n) is 3.53. The molecule has 8 nitrogen and oxygen atoms in total. The molecule has 1 aromatic heterocycles. The minimum atomic E-state index is -1.24. The van der Waals surface area contributed by atoms with E-state index in [2.05, 4.69) is 9.68 Å². The summed E-state index contributed by atoms with van der Waals surface area (Å²) in [6.07, 6.45) is 0. The molecular weight excluding hydrogens is 256 g/mol. The number of ether oxygens (including phenoxy) is 1. The molecular formula is C11H8N2O6. The highest BCUT2D eigenvalue weighted by Gasteiger charge is 2.18. The number of nitrogens with zero attached hydrogens (tertiary/aromatic N) is 2. The Hall–Kier alpha value is -2.90. The molecule has 0 amide bonds. The second-order valence-corrected chi connectivity index (χ2v) is 3.53. The molecule has 1 aromatic carbocycles. The number of carbonyl (C=O) groups is 1. The molecule has 0 saturated carbocycles. The van der Waals surface area contributed by atoms with Gasteiger partial charge in [-0.15, -0.1) is 0 Å². The van der Waals surface area contributed by atoms with Crippen molar-refractivity contribution in [3.05, 3.63) is 40.1 Å². The van der Waals surface area contributed by atoms with Crippen molar-refractivity contribution in [1.82, 2.24) is 5.16 Å². The van der Waals surface area contributed by atoms with Crippen LogP contribution in [0.3, 0.4) is 0 Å². The van der Waals surface area contributed by atoms with E-state index in [0.717, 1.165) is 0 Å². The summed E-state index contributed by atoms with van der Waals surface area (Å²) in [7, 11) is 1.30. The van der Waals surface area contributed by atoms with Crippen molar-refractivity contribution >= 4 is 11.7 Å². The Kier molecular flexibility index (Phi) is 3.15. The first-order chi connectivity index (χ1) is 9.02. The number of aromatic nitrogens is 1. The SMILES string of the molecule is COc1cc(-c2cc(C(=O)O)on2)ccc1[N+](=O)[O-]. The van der Waals surface area contributed by atoms with Crippen LogP contribution in [-0.2, 0) is 0 Å². The lowest BCUT2D eigenvalue weighted by Gasteiger charge is -2.02. The molecule has 2 rings (SSSR count). The smallest absolute Gasteiger partial charge is 0.374 e. The Balaban J connectivity index is 2.45. The molecule has 98 valence electrons. The van der Waals surface area contributed by atoms with Crippen LogP contribution in [0, 0.1) is 10.1 Å². The van der Waals surface area contributed by atoms with Crippen molar-refractivity contribution in [2.45, 2.75) is 0 Å². The van der Waals surface area contributed by atoms with Crippen molar-refractivity contribution in [1.29, 1.82) is 0 Å². The van der Waals surface area contributed by atoms with Crippen LogP contribution in [0.1, 0.15) is 10.6 Å². The summed E-state index contributed by atoms with van der Waals surface area (Å²) in [4.78, 5) is 20.8. The maximum Gasteiger partial charge on any atom is 0.374 e. The summed E-state index contributed by atoms with van der Waals surface area (Å²) in [5.74, 6) is -1.50. The average Bonchev–Trinajstić information content (AvgIpc) is 2.87. The van der Waals surface area contributed by atoms with E-state index in [0.29, 0.717) is 5.56 Å². The van der Waals surface area contributed by atoms with Crippen molar-refractivity contribution in [3.8, 4) is 17.0 Å². The molecule has 0 atom stereocenters. The first kappa shape index (κ1) is 12.6. The molecule has 0 aliphatic carbocycles. The highest BCUT2D eigenvalue weighted by Crippen LogP contribution is 2.31. The standard InChI is InChI=1S/C11H8N2O6/c1-18-9-4-6(2-3-8(9)13(16)17)7-5-10(11(14)15)19-12-7/h2-5H,1H3,(H,14,15). The quantitative estimate of drug-likeness (QED) is 0.662. The first-order valence-electron chi connectivity index (χ1n) is 5.05. The lowest BCUT2D eigenvalue weighted by Crippen LogP contribution is -1.94. The van der Waals surface area contributed by atoms with Crippen molar-refractivity contribution in [2.75, 3.05) is 7.11 Å². The van der Waals surface area contributed by atoms with Crippen molar-refractivity contribution in [2.24, 2.45) is 0 Å². The van der Waals surface area contributed by atoms with Gasteiger partial charge in [0, 0.05) is 17.7 Å². The van der Waals surface area contributed by atoms with Crippen LogP contribution in [0.25, 0.3) is 11.3 Å². The number of carboxylic acid groups (broad SMARTS) is 1. The number of methoxy groups -OCH3 is 1. The van der Waals surface area contributed by atoms with Crippen LogP contribution >= 0.6 is 0 Å². The maximum absolute atomic E-state index is 10.7. The molecule has 8 heteroatoms. The zero-order valence-corrected chi connectivity index (χ0v) is 9.69. The molecule has 0 spiro atoms. The van der Waals surface area contributed by atoms with Gasteiger partial charge in [0.2, 0.25) is 5.76 Å².